The van der Waals surface area contributed by atoms with Crippen LogP contribution in [0.3, 0.4) is 0 Å². The summed E-state index contributed by atoms with van der Waals surface area (Å²) < 4.78 is 4.73. The molecule has 0 fully saturated rings. The van der Waals surface area contributed by atoms with Gasteiger partial charge in [0, 0.05) is 6.20 Å². The highest BCUT2D eigenvalue weighted by Gasteiger charge is 2.03. The fraction of sp³-hybridized carbons (Fsp3) is 0.300. The molecule has 0 saturated heterocycles. The molecule has 3 N–H and O–H groups in total. The first-order chi connectivity index (χ1) is 8.63. The SMILES string of the molecule is CCOC(=O)CNC(=S)NNc1cccnc1Cl. The second-order valence-corrected chi connectivity index (χ2v) is 3.85. The second kappa shape index (κ2) is 7.67. The van der Waals surface area contributed by atoms with E-state index in [1.54, 1.807) is 25.3 Å². The van der Waals surface area contributed by atoms with Gasteiger partial charge in [-0.25, -0.2) is 4.98 Å². The third kappa shape index (κ3) is 5.15. The highest BCUT2D eigenvalue weighted by atomic mass is 35.5. The van der Waals surface area contributed by atoms with Gasteiger partial charge in [0.2, 0.25) is 0 Å². The predicted molar refractivity (Wildman–Crippen MR) is 73.2 cm³/mol. The molecule has 1 heterocycles. The highest BCUT2D eigenvalue weighted by molar-refractivity contribution is 7.80. The summed E-state index contributed by atoms with van der Waals surface area (Å²) in [6, 6.07) is 3.46. The molecule has 0 unspecified atom stereocenters. The average molecular weight is 289 g/mol. The molecule has 0 aliphatic heterocycles. The number of ether oxygens (including phenoxy) is 1. The fourth-order valence-corrected chi connectivity index (χ4v) is 1.30. The first kappa shape index (κ1) is 14.5. The lowest BCUT2D eigenvalue weighted by Crippen LogP contribution is -2.41. The van der Waals surface area contributed by atoms with E-state index in [4.69, 9.17) is 28.6 Å². The van der Waals surface area contributed by atoms with E-state index in [0.717, 1.165) is 0 Å². The summed E-state index contributed by atoms with van der Waals surface area (Å²) in [5.41, 5.74) is 6.03. The van der Waals surface area contributed by atoms with Crippen LogP contribution in [0.5, 0.6) is 0 Å². The number of rotatable bonds is 5. The molecule has 0 atom stereocenters. The maximum absolute atomic E-state index is 11.1. The van der Waals surface area contributed by atoms with Gasteiger partial charge in [0.25, 0.3) is 0 Å². The molecule has 0 aliphatic rings. The Morgan fingerprint density at radius 1 is 1.61 bits per heavy atom. The van der Waals surface area contributed by atoms with Gasteiger partial charge in [-0.3, -0.25) is 15.6 Å². The summed E-state index contributed by atoms with van der Waals surface area (Å²) in [5, 5.41) is 3.25. The lowest BCUT2D eigenvalue weighted by Gasteiger charge is -2.12. The van der Waals surface area contributed by atoms with Crippen LogP contribution in [0.25, 0.3) is 0 Å². The number of hydrogen-bond acceptors (Lipinski definition) is 5. The van der Waals surface area contributed by atoms with Crippen molar-refractivity contribution in [2.45, 2.75) is 6.92 Å². The van der Waals surface area contributed by atoms with Crippen LogP contribution in [0, 0.1) is 0 Å². The van der Waals surface area contributed by atoms with E-state index in [1.807, 2.05) is 0 Å². The van der Waals surface area contributed by atoms with Crippen molar-refractivity contribution in [3.05, 3.63) is 23.5 Å². The molecule has 1 aromatic rings. The lowest BCUT2D eigenvalue weighted by atomic mass is 10.4. The van der Waals surface area contributed by atoms with E-state index in [1.165, 1.54) is 0 Å². The third-order valence-electron chi connectivity index (χ3n) is 1.77. The molecule has 8 heteroatoms. The number of carbonyl (C=O) groups is 1. The van der Waals surface area contributed by atoms with Gasteiger partial charge in [-0.2, -0.15) is 0 Å². The Balaban J connectivity index is 2.29. The number of esters is 1. The van der Waals surface area contributed by atoms with E-state index in [9.17, 15) is 4.79 Å². The Labute approximate surface area is 115 Å². The number of aromatic nitrogens is 1. The van der Waals surface area contributed by atoms with Gasteiger partial charge >= 0.3 is 5.97 Å². The summed E-state index contributed by atoms with van der Waals surface area (Å²) >= 11 is 10.8. The van der Waals surface area contributed by atoms with Crippen LogP contribution in [0.2, 0.25) is 5.15 Å². The van der Waals surface area contributed by atoms with E-state index in [-0.39, 0.29) is 17.6 Å². The van der Waals surface area contributed by atoms with Crippen molar-refractivity contribution in [1.82, 2.24) is 15.7 Å². The van der Waals surface area contributed by atoms with Crippen molar-refractivity contribution in [3.63, 3.8) is 0 Å². The van der Waals surface area contributed by atoms with E-state index in [0.29, 0.717) is 17.4 Å². The van der Waals surface area contributed by atoms with Crippen LogP contribution in [0.15, 0.2) is 18.3 Å². The van der Waals surface area contributed by atoms with Gasteiger partial charge in [-0.1, -0.05) is 11.6 Å². The van der Waals surface area contributed by atoms with Gasteiger partial charge in [0.15, 0.2) is 10.3 Å². The predicted octanol–water partition coefficient (Wildman–Crippen LogP) is 1.09. The number of carbonyl (C=O) groups excluding carboxylic acids is 1. The van der Waals surface area contributed by atoms with Gasteiger partial charge in [-0.15, -0.1) is 0 Å². The van der Waals surface area contributed by atoms with Crippen molar-refractivity contribution in [1.29, 1.82) is 0 Å². The molecule has 0 radical (unpaired) electrons. The lowest BCUT2D eigenvalue weighted by molar-refractivity contribution is -0.141. The number of pyridine rings is 1. The Morgan fingerprint density at radius 2 is 2.39 bits per heavy atom. The molecule has 6 nitrogen and oxygen atoms in total. The minimum Gasteiger partial charge on any atom is -0.465 e. The van der Waals surface area contributed by atoms with Crippen molar-refractivity contribution in [2.75, 3.05) is 18.6 Å². The monoisotopic (exact) mass is 288 g/mol. The zero-order chi connectivity index (χ0) is 13.4. The maximum atomic E-state index is 11.1. The number of thiocarbonyl (C=S) groups is 1. The number of anilines is 1. The molecule has 18 heavy (non-hydrogen) atoms. The van der Waals surface area contributed by atoms with Crippen LogP contribution < -0.4 is 16.2 Å². The highest BCUT2D eigenvalue weighted by Crippen LogP contribution is 2.15. The van der Waals surface area contributed by atoms with Gasteiger partial charge in [-0.05, 0) is 31.3 Å². The summed E-state index contributed by atoms with van der Waals surface area (Å²) in [7, 11) is 0. The summed E-state index contributed by atoms with van der Waals surface area (Å²) in [4.78, 5) is 14.9. The van der Waals surface area contributed by atoms with Crippen LogP contribution in [-0.4, -0.2) is 29.2 Å². The standard InChI is InChI=1S/C10H13ClN4O2S/c1-2-17-8(16)6-13-10(18)15-14-7-4-3-5-12-9(7)11/h3-5,14H,2,6H2,1H3,(H2,13,15,18). The van der Waals surface area contributed by atoms with Crippen molar-refractivity contribution >= 4 is 40.6 Å². The Bertz CT molecular complexity index is 430. The number of hydrogen-bond donors (Lipinski definition) is 3. The van der Waals surface area contributed by atoms with Crippen LogP contribution in [0.4, 0.5) is 5.69 Å². The summed E-state index contributed by atoms with van der Waals surface area (Å²) in [5.74, 6) is -0.374. The van der Waals surface area contributed by atoms with Gasteiger partial charge in [0.05, 0.1) is 12.3 Å². The zero-order valence-electron chi connectivity index (χ0n) is 9.70. The zero-order valence-corrected chi connectivity index (χ0v) is 11.3. The molecule has 1 rings (SSSR count). The number of hydrazine groups is 1. The Hall–Kier alpha value is -1.60. The topological polar surface area (TPSA) is 75.3 Å². The normalized spacial score (nSPS) is 9.44. The third-order valence-corrected chi connectivity index (χ3v) is 2.32. The summed E-state index contributed by atoms with van der Waals surface area (Å²) in [6.07, 6.45) is 1.57. The molecule has 0 saturated carbocycles. The first-order valence-corrected chi connectivity index (χ1v) is 5.98. The largest absolute Gasteiger partial charge is 0.465 e. The molecule has 98 valence electrons. The fourth-order valence-electron chi connectivity index (χ4n) is 1.01. The first-order valence-electron chi connectivity index (χ1n) is 5.19. The number of nitrogens with one attached hydrogen (secondary N) is 3. The van der Waals surface area contributed by atoms with E-state index in [2.05, 4.69) is 21.2 Å². The van der Waals surface area contributed by atoms with E-state index < -0.39 is 0 Å². The second-order valence-electron chi connectivity index (χ2n) is 3.08. The minimum atomic E-state index is -0.374. The number of halogens is 1. The smallest absolute Gasteiger partial charge is 0.325 e. The molecule has 1 aromatic heterocycles. The number of nitrogens with zero attached hydrogens (tertiary/aromatic N) is 1. The Morgan fingerprint density at radius 3 is 3.06 bits per heavy atom. The van der Waals surface area contributed by atoms with Crippen LogP contribution in [0.1, 0.15) is 6.92 Å². The van der Waals surface area contributed by atoms with Crippen molar-refractivity contribution in [3.8, 4) is 0 Å². The van der Waals surface area contributed by atoms with Gasteiger partial charge in [0.1, 0.15) is 6.54 Å². The average Bonchev–Trinajstić information content (AvgIpc) is 2.36. The van der Waals surface area contributed by atoms with Crippen LogP contribution in [-0.2, 0) is 9.53 Å². The Kier molecular flexibility index (Phi) is 6.16. The van der Waals surface area contributed by atoms with Crippen molar-refractivity contribution < 1.29 is 9.53 Å². The molecular formula is C10H13ClN4O2S. The molecule has 0 amide bonds. The minimum absolute atomic E-state index is 0.00211. The van der Waals surface area contributed by atoms with Crippen LogP contribution >= 0.6 is 23.8 Å². The molecular weight excluding hydrogens is 276 g/mol. The molecule has 0 aromatic carbocycles. The summed E-state index contributed by atoms with van der Waals surface area (Å²) in [6.45, 7) is 2.08. The maximum Gasteiger partial charge on any atom is 0.325 e. The molecule has 0 spiro atoms. The molecule has 0 aliphatic carbocycles. The quantitative estimate of drug-likeness (QED) is 0.324. The van der Waals surface area contributed by atoms with Gasteiger partial charge < -0.3 is 10.1 Å². The molecule has 0 bridgehead atoms. The van der Waals surface area contributed by atoms with E-state index >= 15 is 0 Å². The van der Waals surface area contributed by atoms with Crippen molar-refractivity contribution in [2.24, 2.45) is 0 Å².